The summed E-state index contributed by atoms with van der Waals surface area (Å²) in [6, 6.07) is 0. The molecule has 2 fully saturated rings. The second-order valence-corrected chi connectivity index (χ2v) is 5.12. The van der Waals surface area contributed by atoms with Crippen LogP contribution in [0.4, 0.5) is 0 Å². The number of halogens is 1. The SMILES string of the molecule is CN=C(NCC1CCC1)NCC1CCCCO1.I. The van der Waals surface area contributed by atoms with Gasteiger partial charge in [0.25, 0.3) is 0 Å². The van der Waals surface area contributed by atoms with Gasteiger partial charge in [0.1, 0.15) is 0 Å². The van der Waals surface area contributed by atoms with E-state index in [2.05, 4.69) is 15.6 Å². The molecule has 0 bridgehead atoms. The fraction of sp³-hybridized carbons (Fsp3) is 0.923. The fourth-order valence-corrected chi connectivity index (χ4v) is 2.34. The smallest absolute Gasteiger partial charge is 0.191 e. The first-order chi connectivity index (χ1) is 8.38. The number of hydrogen-bond acceptors (Lipinski definition) is 2. The molecule has 0 aromatic carbocycles. The Labute approximate surface area is 127 Å². The van der Waals surface area contributed by atoms with E-state index in [0.717, 1.165) is 31.6 Å². The van der Waals surface area contributed by atoms with Gasteiger partial charge in [-0.3, -0.25) is 4.99 Å². The molecule has 1 unspecified atom stereocenters. The summed E-state index contributed by atoms with van der Waals surface area (Å²) in [6.45, 7) is 2.86. The first-order valence-electron chi connectivity index (χ1n) is 6.94. The lowest BCUT2D eigenvalue weighted by Gasteiger charge is -2.27. The summed E-state index contributed by atoms with van der Waals surface area (Å²) in [5.74, 6) is 1.78. The van der Waals surface area contributed by atoms with E-state index in [4.69, 9.17) is 4.74 Å². The van der Waals surface area contributed by atoms with Crippen LogP contribution in [0.3, 0.4) is 0 Å². The molecule has 1 heterocycles. The summed E-state index contributed by atoms with van der Waals surface area (Å²) in [6.07, 6.45) is 8.18. The number of nitrogens with zero attached hydrogens (tertiary/aromatic N) is 1. The molecule has 5 heteroatoms. The Hall–Kier alpha value is -0.0400. The number of guanidine groups is 1. The second-order valence-electron chi connectivity index (χ2n) is 5.12. The maximum absolute atomic E-state index is 5.69. The Morgan fingerprint density at radius 2 is 1.89 bits per heavy atom. The van der Waals surface area contributed by atoms with Crippen molar-refractivity contribution in [2.75, 3.05) is 26.7 Å². The minimum atomic E-state index is 0. The number of hydrogen-bond donors (Lipinski definition) is 2. The van der Waals surface area contributed by atoms with Crippen molar-refractivity contribution >= 4 is 29.9 Å². The second kappa shape index (κ2) is 8.96. The molecule has 1 saturated heterocycles. The molecule has 1 atom stereocenters. The van der Waals surface area contributed by atoms with Crippen LogP contribution in [-0.4, -0.2) is 38.8 Å². The quantitative estimate of drug-likeness (QED) is 0.455. The lowest BCUT2D eigenvalue weighted by atomic mass is 9.85. The topological polar surface area (TPSA) is 45.7 Å². The Bertz CT molecular complexity index is 251. The highest BCUT2D eigenvalue weighted by atomic mass is 127. The molecule has 1 saturated carbocycles. The van der Waals surface area contributed by atoms with Gasteiger partial charge in [-0.15, -0.1) is 24.0 Å². The van der Waals surface area contributed by atoms with Crippen LogP contribution in [-0.2, 0) is 4.74 Å². The zero-order valence-electron chi connectivity index (χ0n) is 11.3. The molecule has 0 spiro atoms. The lowest BCUT2D eigenvalue weighted by molar-refractivity contribution is 0.0194. The van der Waals surface area contributed by atoms with E-state index in [9.17, 15) is 0 Å². The van der Waals surface area contributed by atoms with Gasteiger partial charge in [0.05, 0.1) is 6.10 Å². The molecule has 1 aliphatic carbocycles. The zero-order chi connectivity index (χ0) is 11.9. The summed E-state index contributed by atoms with van der Waals surface area (Å²) in [4.78, 5) is 4.24. The Morgan fingerprint density at radius 1 is 1.11 bits per heavy atom. The third kappa shape index (κ3) is 5.30. The van der Waals surface area contributed by atoms with Crippen molar-refractivity contribution in [1.29, 1.82) is 0 Å². The van der Waals surface area contributed by atoms with Crippen LogP contribution < -0.4 is 10.6 Å². The van der Waals surface area contributed by atoms with Crippen molar-refractivity contribution in [3.63, 3.8) is 0 Å². The summed E-state index contributed by atoms with van der Waals surface area (Å²) in [5.41, 5.74) is 0. The largest absolute Gasteiger partial charge is 0.376 e. The first-order valence-corrected chi connectivity index (χ1v) is 6.94. The first kappa shape index (κ1) is 16.0. The van der Waals surface area contributed by atoms with Gasteiger partial charge in [-0.25, -0.2) is 0 Å². The van der Waals surface area contributed by atoms with Crippen molar-refractivity contribution < 1.29 is 4.74 Å². The molecule has 4 nitrogen and oxygen atoms in total. The number of ether oxygens (including phenoxy) is 1. The van der Waals surface area contributed by atoms with Crippen molar-refractivity contribution in [3.05, 3.63) is 0 Å². The molecule has 2 aliphatic rings. The van der Waals surface area contributed by atoms with Crippen LogP contribution in [0.2, 0.25) is 0 Å². The fourth-order valence-electron chi connectivity index (χ4n) is 2.34. The Kier molecular flexibility index (Phi) is 7.97. The van der Waals surface area contributed by atoms with Gasteiger partial charge in [-0.2, -0.15) is 0 Å². The van der Waals surface area contributed by atoms with E-state index in [1.165, 1.54) is 38.5 Å². The third-order valence-corrected chi connectivity index (χ3v) is 3.78. The van der Waals surface area contributed by atoms with Crippen LogP contribution in [0, 0.1) is 5.92 Å². The van der Waals surface area contributed by atoms with Crippen molar-refractivity contribution in [1.82, 2.24) is 10.6 Å². The molecule has 1 aliphatic heterocycles. The maximum Gasteiger partial charge on any atom is 0.191 e. The van der Waals surface area contributed by atoms with Gasteiger partial charge in [0.15, 0.2) is 5.96 Å². The number of rotatable bonds is 4. The third-order valence-electron chi connectivity index (χ3n) is 3.78. The molecule has 106 valence electrons. The van der Waals surface area contributed by atoms with Crippen LogP contribution >= 0.6 is 24.0 Å². The summed E-state index contributed by atoms with van der Waals surface area (Å²) in [5, 5.41) is 6.75. The van der Waals surface area contributed by atoms with Gasteiger partial charge >= 0.3 is 0 Å². The molecule has 0 aromatic heterocycles. The molecular formula is C13H26IN3O. The summed E-state index contributed by atoms with van der Waals surface area (Å²) >= 11 is 0. The van der Waals surface area contributed by atoms with Gasteiger partial charge in [-0.05, 0) is 38.0 Å². The van der Waals surface area contributed by atoms with Gasteiger partial charge in [0, 0.05) is 26.7 Å². The average molecular weight is 367 g/mol. The van der Waals surface area contributed by atoms with E-state index in [-0.39, 0.29) is 24.0 Å². The minimum Gasteiger partial charge on any atom is -0.376 e. The average Bonchev–Trinajstić information content (AvgIpc) is 2.32. The molecule has 0 aromatic rings. The Morgan fingerprint density at radius 3 is 2.44 bits per heavy atom. The molecule has 0 radical (unpaired) electrons. The Balaban J connectivity index is 0.00000162. The van der Waals surface area contributed by atoms with Crippen LogP contribution in [0.25, 0.3) is 0 Å². The molecule has 0 amide bonds. The lowest BCUT2D eigenvalue weighted by Crippen LogP contribution is -2.44. The highest BCUT2D eigenvalue weighted by Crippen LogP contribution is 2.25. The van der Waals surface area contributed by atoms with Crippen molar-refractivity contribution in [2.45, 2.75) is 44.6 Å². The predicted molar refractivity (Wildman–Crippen MR) is 85.7 cm³/mol. The van der Waals surface area contributed by atoms with E-state index in [0.29, 0.717) is 6.10 Å². The number of nitrogens with one attached hydrogen (secondary N) is 2. The monoisotopic (exact) mass is 367 g/mol. The number of aliphatic imine (C=N–C) groups is 1. The zero-order valence-corrected chi connectivity index (χ0v) is 13.6. The van der Waals surface area contributed by atoms with E-state index in [1.807, 2.05) is 7.05 Å². The minimum absolute atomic E-state index is 0. The molecule has 2 rings (SSSR count). The molecule has 2 N–H and O–H groups in total. The standard InChI is InChI=1S/C13H25N3O.HI/c1-14-13(15-9-11-5-4-6-11)16-10-12-7-2-3-8-17-12;/h11-12H,2-10H2,1H3,(H2,14,15,16);1H. The normalized spacial score (nSPS) is 24.9. The summed E-state index contributed by atoms with van der Waals surface area (Å²) < 4.78 is 5.69. The predicted octanol–water partition coefficient (Wildman–Crippen LogP) is 2.14. The van der Waals surface area contributed by atoms with E-state index in [1.54, 1.807) is 0 Å². The van der Waals surface area contributed by atoms with E-state index < -0.39 is 0 Å². The van der Waals surface area contributed by atoms with E-state index >= 15 is 0 Å². The van der Waals surface area contributed by atoms with Gasteiger partial charge in [-0.1, -0.05) is 6.42 Å². The maximum atomic E-state index is 5.69. The molecule has 18 heavy (non-hydrogen) atoms. The van der Waals surface area contributed by atoms with Gasteiger partial charge < -0.3 is 15.4 Å². The summed E-state index contributed by atoms with van der Waals surface area (Å²) in [7, 11) is 1.83. The highest BCUT2D eigenvalue weighted by molar-refractivity contribution is 14.0. The van der Waals surface area contributed by atoms with Crippen molar-refractivity contribution in [3.8, 4) is 0 Å². The molecular weight excluding hydrogens is 341 g/mol. The van der Waals surface area contributed by atoms with Crippen LogP contribution in [0.15, 0.2) is 4.99 Å². The highest BCUT2D eigenvalue weighted by Gasteiger charge is 2.18. The van der Waals surface area contributed by atoms with Crippen molar-refractivity contribution in [2.24, 2.45) is 10.9 Å². The van der Waals surface area contributed by atoms with Gasteiger partial charge in [0.2, 0.25) is 0 Å². The van der Waals surface area contributed by atoms with Crippen LogP contribution in [0.1, 0.15) is 38.5 Å². The van der Waals surface area contributed by atoms with Crippen LogP contribution in [0.5, 0.6) is 0 Å².